The second-order valence-corrected chi connectivity index (χ2v) is 9.28. The number of nitrogens with zero attached hydrogens (tertiary/aromatic N) is 2. The van der Waals surface area contributed by atoms with Crippen molar-refractivity contribution in [3.8, 4) is 0 Å². The Morgan fingerprint density at radius 3 is 2.83 bits per heavy atom. The highest BCUT2D eigenvalue weighted by Crippen LogP contribution is 2.26. The minimum Gasteiger partial charge on any atom is -0.338 e. The molecule has 0 radical (unpaired) electrons. The molecule has 2 aliphatic rings. The van der Waals surface area contributed by atoms with E-state index in [0.29, 0.717) is 13.1 Å². The summed E-state index contributed by atoms with van der Waals surface area (Å²) in [5.41, 5.74) is 0. The van der Waals surface area contributed by atoms with Gasteiger partial charge in [0.25, 0.3) is 0 Å². The van der Waals surface area contributed by atoms with Crippen molar-refractivity contribution >= 4 is 27.2 Å². The molecule has 2 atom stereocenters. The van der Waals surface area contributed by atoms with Gasteiger partial charge in [-0.05, 0) is 24.4 Å². The molecule has 2 fully saturated rings. The maximum absolute atomic E-state index is 12.5. The van der Waals surface area contributed by atoms with E-state index in [1.807, 2.05) is 18.4 Å². The Labute approximate surface area is 141 Å². The van der Waals surface area contributed by atoms with Gasteiger partial charge in [0.2, 0.25) is 0 Å². The summed E-state index contributed by atoms with van der Waals surface area (Å²) in [7, 11) is -3.06. The Morgan fingerprint density at radius 1 is 1.35 bits per heavy atom. The zero-order chi connectivity index (χ0) is 16.4. The molecule has 23 heavy (non-hydrogen) atoms. The fraction of sp³-hybridized carbons (Fsp3) is 0.667. The summed E-state index contributed by atoms with van der Waals surface area (Å²) in [4.78, 5) is 17.6. The van der Waals surface area contributed by atoms with Gasteiger partial charge >= 0.3 is 6.03 Å². The van der Waals surface area contributed by atoms with Crippen LogP contribution in [0.25, 0.3) is 0 Å². The Morgan fingerprint density at radius 2 is 2.13 bits per heavy atom. The van der Waals surface area contributed by atoms with Crippen LogP contribution in [0.1, 0.15) is 11.8 Å². The smallest absolute Gasteiger partial charge is 0.317 e. The molecule has 1 N–H and O–H groups in total. The zero-order valence-electron chi connectivity index (χ0n) is 13.3. The maximum Gasteiger partial charge on any atom is 0.317 e. The number of piperazine rings is 1. The van der Waals surface area contributed by atoms with Crippen molar-refractivity contribution in [3.05, 3.63) is 22.4 Å². The highest BCUT2D eigenvalue weighted by Gasteiger charge is 2.47. The molecule has 1 aromatic rings. The predicted molar refractivity (Wildman–Crippen MR) is 91.6 cm³/mol. The van der Waals surface area contributed by atoms with E-state index in [-0.39, 0.29) is 29.6 Å². The molecule has 3 rings (SSSR count). The molecule has 8 heteroatoms. The fourth-order valence-electron chi connectivity index (χ4n) is 3.52. The van der Waals surface area contributed by atoms with Crippen molar-refractivity contribution in [3.63, 3.8) is 0 Å². The first-order valence-electron chi connectivity index (χ1n) is 8.01. The molecule has 0 spiro atoms. The molecular weight excluding hydrogens is 334 g/mol. The number of carbonyl (C=O) groups is 1. The third kappa shape index (κ3) is 3.70. The molecule has 2 saturated heterocycles. The van der Waals surface area contributed by atoms with Crippen LogP contribution in [0.4, 0.5) is 4.79 Å². The summed E-state index contributed by atoms with van der Waals surface area (Å²) in [6.07, 6.45) is 0.810. The lowest BCUT2D eigenvalue weighted by Gasteiger charge is -2.43. The fourth-order valence-corrected chi connectivity index (χ4v) is 6.24. The number of likely N-dealkylation sites (N-methyl/N-ethyl adjacent to an activating group) is 1. The average Bonchev–Trinajstić information content (AvgIpc) is 3.11. The normalized spacial score (nSPS) is 26.9. The molecule has 2 aliphatic heterocycles. The number of amides is 2. The van der Waals surface area contributed by atoms with Crippen LogP contribution in [0.5, 0.6) is 0 Å². The van der Waals surface area contributed by atoms with E-state index in [9.17, 15) is 13.2 Å². The topological polar surface area (TPSA) is 69.7 Å². The van der Waals surface area contributed by atoms with E-state index in [1.165, 1.54) is 4.88 Å². The monoisotopic (exact) mass is 357 g/mol. The molecule has 6 nitrogen and oxygen atoms in total. The number of urea groups is 1. The number of thiophene rings is 1. The summed E-state index contributed by atoms with van der Waals surface area (Å²) in [5.74, 6) is 0.261. The predicted octanol–water partition coefficient (Wildman–Crippen LogP) is 0.803. The first-order chi connectivity index (χ1) is 11.0. The van der Waals surface area contributed by atoms with Crippen molar-refractivity contribution < 1.29 is 13.2 Å². The number of fused-ring (bicyclic) bond motifs is 1. The second-order valence-electron chi connectivity index (χ2n) is 6.09. The molecule has 1 aromatic heterocycles. The number of carbonyl (C=O) groups excluding carboxylic acids is 1. The van der Waals surface area contributed by atoms with Crippen LogP contribution in [-0.4, -0.2) is 74.0 Å². The number of rotatable bonds is 4. The van der Waals surface area contributed by atoms with E-state index in [1.54, 1.807) is 16.2 Å². The minimum absolute atomic E-state index is 0.0539. The Bertz CT molecular complexity index is 645. The van der Waals surface area contributed by atoms with Gasteiger partial charge in [0.15, 0.2) is 9.84 Å². The van der Waals surface area contributed by atoms with E-state index in [0.717, 1.165) is 19.5 Å². The van der Waals surface area contributed by atoms with Crippen molar-refractivity contribution in [1.29, 1.82) is 0 Å². The van der Waals surface area contributed by atoms with Crippen molar-refractivity contribution in [2.75, 3.05) is 37.7 Å². The van der Waals surface area contributed by atoms with E-state index < -0.39 is 9.84 Å². The zero-order valence-corrected chi connectivity index (χ0v) is 14.9. The van der Waals surface area contributed by atoms with Gasteiger partial charge in [0.05, 0.1) is 17.5 Å². The van der Waals surface area contributed by atoms with Gasteiger partial charge in [-0.1, -0.05) is 13.0 Å². The number of hydrogen-bond donors (Lipinski definition) is 1. The lowest BCUT2D eigenvalue weighted by Crippen LogP contribution is -2.62. The molecule has 0 aromatic carbocycles. The molecular formula is C15H23N3O3S2. The van der Waals surface area contributed by atoms with E-state index in [4.69, 9.17) is 0 Å². The van der Waals surface area contributed by atoms with Crippen LogP contribution >= 0.6 is 11.3 Å². The van der Waals surface area contributed by atoms with Gasteiger partial charge in [-0.15, -0.1) is 11.3 Å². The number of sulfone groups is 1. The first kappa shape index (κ1) is 16.7. The van der Waals surface area contributed by atoms with Gasteiger partial charge in [0.1, 0.15) is 0 Å². The van der Waals surface area contributed by atoms with Crippen LogP contribution in [0.3, 0.4) is 0 Å². The first-order valence-corrected chi connectivity index (χ1v) is 10.7. The van der Waals surface area contributed by atoms with Gasteiger partial charge in [0, 0.05) is 30.6 Å². The second kappa shape index (κ2) is 6.78. The van der Waals surface area contributed by atoms with Gasteiger partial charge in [-0.3, -0.25) is 4.90 Å². The summed E-state index contributed by atoms with van der Waals surface area (Å²) in [5, 5.41) is 4.97. The summed E-state index contributed by atoms with van der Waals surface area (Å²) < 4.78 is 24.0. The van der Waals surface area contributed by atoms with E-state index in [2.05, 4.69) is 16.3 Å². The van der Waals surface area contributed by atoms with Gasteiger partial charge in [-0.2, -0.15) is 0 Å². The van der Waals surface area contributed by atoms with Crippen LogP contribution in [0, 0.1) is 0 Å². The largest absolute Gasteiger partial charge is 0.338 e. The third-order valence-electron chi connectivity index (χ3n) is 4.69. The van der Waals surface area contributed by atoms with Crippen molar-refractivity contribution in [2.45, 2.75) is 25.4 Å². The number of nitrogens with one attached hydrogen (secondary N) is 1. The van der Waals surface area contributed by atoms with Crippen molar-refractivity contribution in [1.82, 2.24) is 15.1 Å². The quantitative estimate of drug-likeness (QED) is 0.866. The Balaban J connectivity index is 1.61. The van der Waals surface area contributed by atoms with Crippen LogP contribution in [0.2, 0.25) is 0 Å². The maximum atomic E-state index is 12.5. The third-order valence-corrected chi connectivity index (χ3v) is 7.32. The molecule has 0 unspecified atom stereocenters. The highest BCUT2D eigenvalue weighted by atomic mass is 32.2. The summed E-state index contributed by atoms with van der Waals surface area (Å²) in [6.45, 7) is 4.78. The standard InChI is InChI=1S/C15H23N3O3S2/c1-2-17-7-8-18(14-11-23(20,21)10-13(14)17)15(19)16-6-5-12-4-3-9-22-12/h3-4,9,13-14H,2,5-8,10-11H2,1H3,(H,16,19)/t13-,14+/m0/s1. The lowest BCUT2D eigenvalue weighted by molar-refractivity contribution is 0.0695. The van der Waals surface area contributed by atoms with Gasteiger partial charge in [-0.25, -0.2) is 13.2 Å². The van der Waals surface area contributed by atoms with E-state index >= 15 is 0 Å². The molecule has 2 amide bonds. The summed E-state index contributed by atoms with van der Waals surface area (Å²) >= 11 is 1.68. The Kier molecular flexibility index (Phi) is 4.93. The molecule has 128 valence electrons. The summed E-state index contributed by atoms with van der Waals surface area (Å²) in [6, 6.07) is 3.65. The highest BCUT2D eigenvalue weighted by molar-refractivity contribution is 7.91. The van der Waals surface area contributed by atoms with Gasteiger partial charge < -0.3 is 10.2 Å². The molecule has 0 bridgehead atoms. The molecule has 3 heterocycles. The van der Waals surface area contributed by atoms with Crippen LogP contribution < -0.4 is 5.32 Å². The van der Waals surface area contributed by atoms with Crippen LogP contribution in [0.15, 0.2) is 17.5 Å². The SMILES string of the molecule is CCN1CCN(C(=O)NCCc2cccs2)[C@@H]2CS(=O)(=O)C[C@@H]21. The minimum atomic E-state index is -3.06. The Hall–Kier alpha value is -1.12. The number of hydrogen-bond acceptors (Lipinski definition) is 5. The van der Waals surface area contributed by atoms with Crippen molar-refractivity contribution in [2.24, 2.45) is 0 Å². The van der Waals surface area contributed by atoms with Crippen LogP contribution in [-0.2, 0) is 16.3 Å². The lowest BCUT2D eigenvalue weighted by atomic mass is 10.1. The average molecular weight is 358 g/mol. The molecule has 0 saturated carbocycles. The molecule has 0 aliphatic carbocycles.